The van der Waals surface area contributed by atoms with Gasteiger partial charge in [-0.3, -0.25) is 0 Å². The van der Waals surface area contributed by atoms with Crippen molar-refractivity contribution < 1.29 is 9.47 Å². The Kier molecular flexibility index (Phi) is 4.90. The summed E-state index contributed by atoms with van der Waals surface area (Å²) >= 11 is 0. The van der Waals surface area contributed by atoms with Crippen LogP contribution in [0.25, 0.3) is 0 Å². The van der Waals surface area contributed by atoms with Crippen LogP contribution >= 0.6 is 0 Å². The van der Waals surface area contributed by atoms with Crippen LogP contribution in [0.2, 0.25) is 0 Å². The Labute approximate surface area is 108 Å². The SMILES string of the molecule is COc1ncc(CN(C)CC2CCOCC2)cn1. The first-order valence-corrected chi connectivity index (χ1v) is 6.39. The van der Waals surface area contributed by atoms with Crippen molar-refractivity contribution in [3.05, 3.63) is 18.0 Å². The van der Waals surface area contributed by atoms with Gasteiger partial charge in [0.1, 0.15) is 0 Å². The summed E-state index contributed by atoms with van der Waals surface area (Å²) in [6.07, 6.45) is 5.99. The van der Waals surface area contributed by atoms with Crippen LogP contribution in [-0.2, 0) is 11.3 Å². The van der Waals surface area contributed by atoms with E-state index in [0.717, 1.165) is 37.8 Å². The minimum absolute atomic E-state index is 0.422. The van der Waals surface area contributed by atoms with Gasteiger partial charge in [0, 0.05) is 44.3 Å². The molecular formula is C13H21N3O2. The van der Waals surface area contributed by atoms with E-state index in [1.54, 1.807) is 7.11 Å². The molecule has 0 amide bonds. The normalized spacial score (nSPS) is 17.1. The molecule has 18 heavy (non-hydrogen) atoms. The lowest BCUT2D eigenvalue weighted by molar-refractivity contribution is 0.0549. The van der Waals surface area contributed by atoms with Crippen molar-refractivity contribution in [3.63, 3.8) is 0 Å². The molecule has 2 rings (SSSR count). The number of ether oxygens (including phenoxy) is 2. The molecule has 0 radical (unpaired) electrons. The molecule has 1 fully saturated rings. The molecule has 1 aromatic heterocycles. The third-order valence-electron chi connectivity index (χ3n) is 3.23. The second kappa shape index (κ2) is 6.66. The van der Waals surface area contributed by atoms with E-state index in [1.807, 2.05) is 12.4 Å². The summed E-state index contributed by atoms with van der Waals surface area (Å²) in [6, 6.07) is 0.422. The average molecular weight is 251 g/mol. The molecule has 5 heteroatoms. The van der Waals surface area contributed by atoms with Crippen molar-refractivity contribution in [1.29, 1.82) is 0 Å². The van der Waals surface area contributed by atoms with E-state index < -0.39 is 0 Å². The molecule has 1 aliphatic heterocycles. The number of hydrogen-bond acceptors (Lipinski definition) is 5. The highest BCUT2D eigenvalue weighted by atomic mass is 16.5. The van der Waals surface area contributed by atoms with Crippen molar-refractivity contribution in [2.75, 3.05) is 33.9 Å². The number of nitrogens with zero attached hydrogens (tertiary/aromatic N) is 3. The van der Waals surface area contributed by atoms with Crippen LogP contribution < -0.4 is 4.74 Å². The number of methoxy groups -OCH3 is 1. The predicted octanol–water partition coefficient (Wildman–Crippen LogP) is 1.34. The quantitative estimate of drug-likeness (QED) is 0.790. The summed E-state index contributed by atoms with van der Waals surface area (Å²) in [4.78, 5) is 10.6. The fourth-order valence-corrected chi connectivity index (χ4v) is 2.28. The first-order chi connectivity index (χ1) is 8.78. The van der Waals surface area contributed by atoms with Crippen LogP contribution in [0, 0.1) is 5.92 Å². The van der Waals surface area contributed by atoms with Gasteiger partial charge in [-0.25, -0.2) is 9.97 Å². The molecule has 0 unspecified atom stereocenters. The molecule has 0 aromatic carbocycles. The zero-order valence-electron chi connectivity index (χ0n) is 11.1. The Hall–Kier alpha value is -1.20. The third kappa shape index (κ3) is 3.92. The fraction of sp³-hybridized carbons (Fsp3) is 0.692. The molecule has 0 atom stereocenters. The lowest BCUT2D eigenvalue weighted by Crippen LogP contribution is -2.29. The largest absolute Gasteiger partial charge is 0.467 e. The molecule has 1 aromatic rings. The van der Waals surface area contributed by atoms with Crippen molar-refractivity contribution in [2.45, 2.75) is 19.4 Å². The molecule has 2 heterocycles. The topological polar surface area (TPSA) is 47.5 Å². The Balaban J connectivity index is 1.80. The van der Waals surface area contributed by atoms with Gasteiger partial charge in [-0.2, -0.15) is 0 Å². The molecule has 0 bridgehead atoms. The van der Waals surface area contributed by atoms with Gasteiger partial charge < -0.3 is 14.4 Å². The van der Waals surface area contributed by atoms with Crippen LogP contribution in [0.15, 0.2) is 12.4 Å². The highest BCUT2D eigenvalue weighted by Gasteiger charge is 2.15. The maximum absolute atomic E-state index is 5.37. The summed E-state index contributed by atoms with van der Waals surface area (Å²) in [6.45, 7) is 3.80. The van der Waals surface area contributed by atoms with E-state index in [-0.39, 0.29) is 0 Å². The van der Waals surface area contributed by atoms with E-state index in [0.29, 0.717) is 6.01 Å². The maximum atomic E-state index is 5.37. The highest BCUT2D eigenvalue weighted by molar-refractivity contribution is 5.07. The van der Waals surface area contributed by atoms with Gasteiger partial charge in [-0.1, -0.05) is 0 Å². The van der Waals surface area contributed by atoms with Gasteiger partial charge in [0.25, 0.3) is 0 Å². The zero-order valence-corrected chi connectivity index (χ0v) is 11.1. The van der Waals surface area contributed by atoms with Crippen molar-refractivity contribution in [1.82, 2.24) is 14.9 Å². The molecule has 1 saturated heterocycles. The average Bonchev–Trinajstić information content (AvgIpc) is 2.40. The van der Waals surface area contributed by atoms with Gasteiger partial charge in [0.05, 0.1) is 7.11 Å². The van der Waals surface area contributed by atoms with Gasteiger partial charge >= 0.3 is 6.01 Å². The summed E-state index contributed by atoms with van der Waals surface area (Å²) in [7, 11) is 3.71. The van der Waals surface area contributed by atoms with Gasteiger partial charge in [0.15, 0.2) is 0 Å². The lowest BCUT2D eigenvalue weighted by atomic mass is 10.00. The van der Waals surface area contributed by atoms with Gasteiger partial charge in [-0.15, -0.1) is 0 Å². The molecule has 100 valence electrons. The first kappa shape index (κ1) is 13.2. The second-order valence-electron chi connectivity index (χ2n) is 4.83. The van der Waals surface area contributed by atoms with Crippen molar-refractivity contribution in [2.24, 2.45) is 5.92 Å². The molecule has 0 N–H and O–H groups in total. The van der Waals surface area contributed by atoms with Crippen LogP contribution in [0.1, 0.15) is 18.4 Å². The van der Waals surface area contributed by atoms with E-state index >= 15 is 0 Å². The van der Waals surface area contributed by atoms with Crippen molar-refractivity contribution >= 4 is 0 Å². The monoisotopic (exact) mass is 251 g/mol. The molecular weight excluding hydrogens is 230 g/mol. The summed E-state index contributed by atoms with van der Waals surface area (Å²) < 4.78 is 10.3. The molecule has 0 saturated carbocycles. The smallest absolute Gasteiger partial charge is 0.316 e. The Bertz CT molecular complexity index is 350. The van der Waals surface area contributed by atoms with E-state index in [1.165, 1.54) is 12.8 Å². The molecule has 5 nitrogen and oxygen atoms in total. The molecule has 0 aliphatic carbocycles. The third-order valence-corrected chi connectivity index (χ3v) is 3.23. The highest BCUT2D eigenvalue weighted by Crippen LogP contribution is 2.16. The minimum Gasteiger partial charge on any atom is -0.467 e. The number of hydrogen-bond donors (Lipinski definition) is 0. The summed E-state index contributed by atoms with van der Waals surface area (Å²) in [5.74, 6) is 0.753. The summed E-state index contributed by atoms with van der Waals surface area (Å²) in [5.41, 5.74) is 1.12. The predicted molar refractivity (Wildman–Crippen MR) is 68.5 cm³/mol. The van der Waals surface area contributed by atoms with E-state index in [4.69, 9.17) is 9.47 Å². The van der Waals surface area contributed by atoms with Crippen LogP contribution in [-0.4, -0.2) is 48.8 Å². The van der Waals surface area contributed by atoms with Gasteiger partial charge in [-0.05, 0) is 25.8 Å². The van der Waals surface area contributed by atoms with E-state index in [9.17, 15) is 0 Å². The number of rotatable bonds is 5. The fourth-order valence-electron chi connectivity index (χ4n) is 2.28. The van der Waals surface area contributed by atoms with Gasteiger partial charge in [0.2, 0.25) is 0 Å². The Morgan fingerprint density at radius 3 is 2.61 bits per heavy atom. The zero-order chi connectivity index (χ0) is 12.8. The Morgan fingerprint density at radius 2 is 2.00 bits per heavy atom. The van der Waals surface area contributed by atoms with Crippen LogP contribution in [0.4, 0.5) is 0 Å². The van der Waals surface area contributed by atoms with Crippen LogP contribution in [0.5, 0.6) is 6.01 Å². The van der Waals surface area contributed by atoms with E-state index in [2.05, 4.69) is 21.9 Å². The van der Waals surface area contributed by atoms with Crippen LogP contribution in [0.3, 0.4) is 0 Å². The number of aromatic nitrogens is 2. The summed E-state index contributed by atoms with van der Waals surface area (Å²) in [5, 5.41) is 0. The maximum Gasteiger partial charge on any atom is 0.316 e. The second-order valence-corrected chi connectivity index (χ2v) is 4.83. The first-order valence-electron chi connectivity index (χ1n) is 6.39. The lowest BCUT2D eigenvalue weighted by Gasteiger charge is -2.26. The molecule has 0 spiro atoms. The molecule has 1 aliphatic rings. The minimum atomic E-state index is 0.422. The standard InChI is InChI=1S/C13H21N3O2/c1-16(9-11-3-5-18-6-4-11)10-12-7-14-13(17-2)15-8-12/h7-8,11H,3-6,9-10H2,1-2H3. The van der Waals surface area contributed by atoms with Crippen molar-refractivity contribution in [3.8, 4) is 6.01 Å². The Morgan fingerprint density at radius 1 is 1.33 bits per heavy atom.